The molecule has 0 heterocycles. The molecule has 0 aliphatic heterocycles. The van der Waals surface area contributed by atoms with Gasteiger partial charge in [-0.1, -0.05) is 0 Å². The molecule has 5 heteroatoms. The Morgan fingerprint density at radius 2 is 0.600 bits per heavy atom. The van der Waals surface area contributed by atoms with Crippen LogP contribution in [-0.2, 0) is 32.7 Å². The Kier molecular flexibility index (Phi) is 873. The Balaban J connectivity index is 0. The summed E-state index contributed by atoms with van der Waals surface area (Å²) in [5.41, 5.74) is 0. The van der Waals surface area contributed by atoms with Crippen molar-refractivity contribution in [1.29, 1.82) is 0 Å². The van der Waals surface area contributed by atoms with E-state index in [1.165, 1.54) is 0 Å². The molecule has 0 bridgehead atoms. The van der Waals surface area contributed by atoms with E-state index in [0.29, 0.717) is 0 Å². The van der Waals surface area contributed by atoms with Crippen LogP contribution in [0, 0.1) is 0 Å². The molecular weight excluding hydrogens is 142 g/mol. The average molecular weight is 148 g/mol. The van der Waals surface area contributed by atoms with Crippen molar-refractivity contribution in [2.24, 2.45) is 0 Å². The summed E-state index contributed by atoms with van der Waals surface area (Å²) < 4.78 is 0. The maximum absolute atomic E-state index is 0. The van der Waals surface area contributed by atoms with E-state index < -0.39 is 0 Å². The summed E-state index contributed by atoms with van der Waals surface area (Å²) in [4.78, 5) is 0. The van der Waals surface area contributed by atoms with Crippen LogP contribution in [0.4, 0.5) is 0 Å². The van der Waals surface area contributed by atoms with E-state index in [9.17, 15) is 0 Å². The van der Waals surface area contributed by atoms with Gasteiger partial charge in [-0.15, -0.1) is 0 Å². The van der Waals surface area contributed by atoms with Gasteiger partial charge in [0, 0.05) is 0 Å². The Morgan fingerprint density at radius 3 is 0.600 bits per heavy atom. The van der Waals surface area contributed by atoms with Gasteiger partial charge in [-0.2, -0.15) is 19.8 Å². The third-order valence-electron chi connectivity index (χ3n) is 0. The molecule has 0 rings (SSSR count). The Morgan fingerprint density at radius 1 is 0.600 bits per heavy atom. The third-order valence-corrected chi connectivity index (χ3v) is 0. The van der Waals surface area contributed by atoms with Crippen molar-refractivity contribution in [2.75, 3.05) is 0 Å². The molecule has 0 amide bonds. The predicted molar refractivity (Wildman–Crippen MR) is 23.6 cm³/mol. The van der Waals surface area contributed by atoms with Crippen LogP contribution in [0.3, 0.4) is 0 Å². The van der Waals surface area contributed by atoms with Crippen LogP contribution in [-0.4, -0.2) is 0 Å². The molecule has 2 unspecified atom stereocenters. The first-order chi connectivity index (χ1) is 0. The van der Waals surface area contributed by atoms with E-state index in [4.69, 9.17) is 0 Å². The van der Waals surface area contributed by atoms with E-state index in [1.54, 1.807) is 0 Å². The van der Waals surface area contributed by atoms with Gasteiger partial charge < -0.3 is 11.0 Å². The largest absolute Gasteiger partial charge is 4.00 e. The minimum absolute atomic E-state index is 0. The van der Waals surface area contributed by atoms with Crippen molar-refractivity contribution in [2.45, 2.75) is 0 Å². The minimum Gasteiger partial charge on any atom is -2.00 e. The zero-order valence-corrected chi connectivity index (χ0v) is 7.12. The van der Waals surface area contributed by atoms with Gasteiger partial charge in [-0.05, 0) is 0 Å². The predicted octanol–water partition coefficient (Wildman–Crippen LogP) is -0.124. The van der Waals surface area contributed by atoms with Crippen LogP contribution in [0.1, 0.15) is 0 Å². The van der Waals surface area contributed by atoms with Gasteiger partial charge in [0.1, 0.15) is 0 Å². The van der Waals surface area contributed by atoms with Crippen LogP contribution in [0.15, 0.2) is 0 Å². The van der Waals surface area contributed by atoms with Crippen LogP contribution < -0.4 is 0 Å². The van der Waals surface area contributed by atoms with Gasteiger partial charge in [0.25, 0.3) is 0 Å². The molecule has 32 valence electrons. The molecule has 0 spiro atoms. The summed E-state index contributed by atoms with van der Waals surface area (Å²) in [7, 11) is 0. The second-order valence-electron chi connectivity index (χ2n) is 0. The number of hydrogen-bond acceptors (Lipinski definition) is 0. The molecular formula is H6O2P2Ti. The normalized spacial score (nSPS) is 0. The van der Waals surface area contributed by atoms with Crippen molar-refractivity contribution < 1.29 is 32.7 Å². The second-order valence-corrected chi connectivity index (χ2v) is 0. The van der Waals surface area contributed by atoms with Gasteiger partial charge in [-0.3, -0.25) is 0 Å². The third kappa shape index (κ3) is 30.0. The van der Waals surface area contributed by atoms with Gasteiger partial charge in [0.05, 0.1) is 0 Å². The fourth-order valence-corrected chi connectivity index (χ4v) is 0. The summed E-state index contributed by atoms with van der Waals surface area (Å²) in [6, 6.07) is 0. The van der Waals surface area contributed by atoms with Gasteiger partial charge in [0.15, 0.2) is 0 Å². The first-order valence-electron chi connectivity index (χ1n) is 0. The zero-order valence-electron chi connectivity index (χ0n) is 2.73. The average Bonchev–Trinajstić information content (AvgIpc) is 0. The molecule has 0 aromatic rings. The zero-order chi connectivity index (χ0) is 0. The topological polar surface area (TPSA) is 57.0 Å². The van der Waals surface area contributed by atoms with Crippen LogP contribution in [0.5, 0.6) is 0 Å². The fourth-order valence-electron chi connectivity index (χ4n) is 0. The molecule has 0 aromatic carbocycles. The van der Waals surface area contributed by atoms with Crippen molar-refractivity contribution in [3.05, 3.63) is 0 Å². The quantitative estimate of drug-likeness (QED) is 0.339. The molecule has 0 saturated heterocycles. The van der Waals surface area contributed by atoms with E-state index in [-0.39, 0.29) is 52.5 Å². The monoisotopic (exact) mass is 148 g/mol. The van der Waals surface area contributed by atoms with Crippen LogP contribution in [0.2, 0.25) is 0 Å². The first kappa shape index (κ1) is 87.8. The molecule has 0 saturated carbocycles. The summed E-state index contributed by atoms with van der Waals surface area (Å²) >= 11 is 0. The van der Waals surface area contributed by atoms with Crippen molar-refractivity contribution in [1.82, 2.24) is 0 Å². The molecule has 0 fully saturated rings. The van der Waals surface area contributed by atoms with E-state index in [0.717, 1.165) is 0 Å². The molecule has 5 heavy (non-hydrogen) atoms. The van der Waals surface area contributed by atoms with Crippen LogP contribution >= 0.6 is 19.8 Å². The molecule has 2 nitrogen and oxygen atoms in total. The van der Waals surface area contributed by atoms with E-state index in [2.05, 4.69) is 0 Å². The summed E-state index contributed by atoms with van der Waals surface area (Å²) in [6.45, 7) is 0. The van der Waals surface area contributed by atoms with Crippen LogP contribution in [0.25, 0.3) is 0 Å². The Labute approximate surface area is 52.8 Å². The molecule has 0 aliphatic carbocycles. The Bertz CT molecular complexity index is 7.61. The van der Waals surface area contributed by atoms with Gasteiger partial charge in [-0.25, -0.2) is 0 Å². The maximum atomic E-state index is 0. The van der Waals surface area contributed by atoms with E-state index >= 15 is 0 Å². The summed E-state index contributed by atoms with van der Waals surface area (Å²) in [5.74, 6) is 0. The first-order valence-corrected chi connectivity index (χ1v) is 0. The molecule has 2 atom stereocenters. The van der Waals surface area contributed by atoms with Crippen molar-refractivity contribution in [3.63, 3.8) is 0 Å². The molecule has 0 aromatic heterocycles. The molecule has 0 aliphatic rings. The smallest absolute Gasteiger partial charge is 2.00 e. The summed E-state index contributed by atoms with van der Waals surface area (Å²) in [5, 5.41) is 0. The maximum Gasteiger partial charge on any atom is 4.00 e. The SMILES string of the molecule is P.P.[O-2].[O-2].[Ti+4]. The standard InChI is InChI=1S/2O.2H3P.Ti/h;;2*1H3;/q2*-2;;;+4. The number of rotatable bonds is 0. The second kappa shape index (κ2) is 49.7. The van der Waals surface area contributed by atoms with Crippen molar-refractivity contribution >= 4 is 19.8 Å². The van der Waals surface area contributed by atoms with Gasteiger partial charge in [0.2, 0.25) is 0 Å². The Hall–Kier alpha value is 1.49. The fraction of sp³-hybridized carbons (Fsp3) is 0. The molecule has 0 radical (unpaired) electrons. The molecule has 0 N–H and O–H groups in total. The minimum atomic E-state index is 0. The van der Waals surface area contributed by atoms with Gasteiger partial charge >= 0.3 is 21.7 Å². The van der Waals surface area contributed by atoms with E-state index in [1.807, 2.05) is 0 Å². The van der Waals surface area contributed by atoms with Crippen molar-refractivity contribution in [3.8, 4) is 0 Å². The summed E-state index contributed by atoms with van der Waals surface area (Å²) in [6.07, 6.45) is 0. The number of hydrogen-bond donors (Lipinski definition) is 0.